The maximum atomic E-state index is 6.67. The summed E-state index contributed by atoms with van der Waals surface area (Å²) in [7, 11) is 0. The van der Waals surface area contributed by atoms with E-state index in [1.807, 2.05) is 30.3 Å². The molecule has 25 heavy (non-hydrogen) atoms. The van der Waals surface area contributed by atoms with Gasteiger partial charge in [0.15, 0.2) is 0 Å². The van der Waals surface area contributed by atoms with Crippen LogP contribution in [0.1, 0.15) is 23.1 Å². The van der Waals surface area contributed by atoms with Crippen LogP contribution >= 0.6 is 27.5 Å². The number of rotatable bonds is 7. The molecule has 0 spiro atoms. The summed E-state index contributed by atoms with van der Waals surface area (Å²) in [6.07, 6.45) is 1.03. The Morgan fingerprint density at radius 3 is 1.80 bits per heavy atom. The summed E-state index contributed by atoms with van der Waals surface area (Å²) < 4.78 is 0. The largest absolute Gasteiger partial charge is 0.300 e. The van der Waals surface area contributed by atoms with Crippen LogP contribution in [-0.4, -0.2) is 11.9 Å². The lowest BCUT2D eigenvalue weighted by molar-refractivity contribution is 0.474. The van der Waals surface area contributed by atoms with Crippen LogP contribution in [0.25, 0.3) is 0 Å². The van der Waals surface area contributed by atoms with Crippen LogP contribution in [0.15, 0.2) is 84.9 Å². The van der Waals surface area contributed by atoms with Crippen LogP contribution in [0.5, 0.6) is 0 Å². The van der Waals surface area contributed by atoms with E-state index in [9.17, 15) is 0 Å². The maximum absolute atomic E-state index is 6.67. The highest BCUT2D eigenvalue weighted by Crippen LogP contribution is 2.40. The Bertz CT molecular complexity index is 750. The summed E-state index contributed by atoms with van der Waals surface area (Å²) in [4.78, 5) is 0. The van der Waals surface area contributed by atoms with Gasteiger partial charge in [-0.05, 0) is 35.7 Å². The molecule has 0 radical (unpaired) electrons. The zero-order valence-electron chi connectivity index (χ0n) is 14.0. The Hall–Kier alpha value is -1.61. The van der Waals surface area contributed by atoms with Crippen molar-refractivity contribution in [2.45, 2.75) is 12.0 Å². The van der Waals surface area contributed by atoms with Gasteiger partial charge in [-0.3, -0.25) is 5.32 Å². The van der Waals surface area contributed by atoms with E-state index in [2.05, 4.69) is 75.8 Å². The van der Waals surface area contributed by atoms with Gasteiger partial charge in [-0.25, -0.2) is 0 Å². The normalized spacial score (nSPS) is 11.4. The van der Waals surface area contributed by atoms with E-state index >= 15 is 0 Å². The van der Waals surface area contributed by atoms with Gasteiger partial charge < -0.3 is 0 Å². The third-order valence-corrected chi connectivity index (χ3v) is 5.28. The quantitative estimate of drug-likeness (QED) is 0.284. The van der Waals surface area contributed by atoms with Gasteiger partial charge in [0.05, 0.1) is 5.54 Å². The first kappa shape index (κ1) is 18.2. The van der Waals surface area contributed by atoms with Crippen molar-refractivity contribution < 1.29 is 0 Å². The Morgan fingerprint density at radius 1 is 0.760 bits per heavy atom. The summed E-state index contributed by atoms with van der Waals surface area (Å²) >= 11 is 10.2. The average Bonchev–Trinajstić information content (AvgIpc) is 2.68. The summed E-state index contributed by atoms with van der Waals surface area (Å²) in [5.74, 6) is 0. The van der Waals surface area contributed by atoms with Crippen molar-refractivity contribution in [1.82, 2.24) is 5.32 Å². The molecule has 0 aliphatic carbocycles. The van der Waals surface area contributed by atoms with E-state index in [0.717, 1.165) is 28.9 Å². The van der Waals surface area contributed by atoms with Gasteiger partial charge in [-0.15, -0.1) is 0 Å². The Labute approximate surface area is 163 Å². The van der Waals surface area contributed by atoms with Crippen molar-refractivity contribution in [1.29, 1.82) is 0 Å². The Kier molecular flexibility index (Phi) is 6.30. The van der Waals surface area contributed by atoms with E-state index in [0.29, 0.717) is 0 Å². The van der Waals surface area contributed by atoms with Gasteiger partial charge in [0.1, 0.15) is 0 Å². The first-order valence-corrected chi connectivity index (χ1v) is 9.96. The van der Waals surface area contributed by atoms with Crippen molar-refractivity contribution in [3.05, 3.63) is 107 Å². The van der Waals surface area contributed by atoms with Crippen LogP contribution in [-0.2, 0) is 5.54 Å². The maximum Gasteiger partial charge on any atom is 0.0962 e. The zero-order chi connectivity index (χ0) is 17.5. The molecule has 1 nitrogen and oxygen atoms in total. The summed E-state index contributed by atoms with van der Waals surface area (Å²) in [5, 5.41) is 5.54. The predicted molar refractivity (Wildman–Crippen MR) is 111 cm³/mol. The molecule has 3 aromatic rings. The summed E-state index contributed by atoms with van der Waals surface area (Å²) in [5.41, 5.74) is 2.96. The molecule has 0 unspecified atom stereocenters. The van der Waals surface area contributed by atoms with Gasteiger partial charge in [0, 0.05) is 10.4 Å². The van der Waals surface area contributed by atoms with Crippen LogP contribution in [0, 0.1) is 0 Å². The first-order chi connectivity index (χ1) is 12.3. The molecule has 0 saturated heterocycles. The molecule has 3 rings (SSSR count). The Morgan fingerprint density at radius 2 is 1.28 bits per heavy atom. The highest BCUT2D eigenvalue weighted by Gasteiger charge is 2.37. The smallest absolute Gasteiger partial charge is 0.0962 e. The lowest BCUT2D eigenvalue weighted by Crippen LogP contribution is -2.45. The monoisotopic (exact) mass is 413 g/mol. The van der Waals surface area contributed by atoms with Gasteiger partial charge in [0.2, 0.25) is 0 Å². The Balaban J connectivity index is 2.26. The number of hydrogen-bond acceptors (Lipinski definition) is 1. The molecule has 0 fully saturated rings. The van der Waals surface area contributed by atoms with Gasteiger partial charge in [-0.2, -0.15) is 0 Å². The minimum atomic E-state index is -0.483. The zero-order valence-corrected chi connectivity index (χ0v) is 16.3. The van der Waals surface area contributed by atoms with E-state index in [4.69, 9.17) is 11.6 Å². The van der Waals surface area contributed by atoms with Crippen molar-refractivity contribution >= 4 is 27.5 Å². The molecule has 0 amide bonds. The molecule has 0 saturated carbocycles. The van der Waals surface area contributed by atoms with Crippen LogP contribution in [0.3, 0.4) is 0 Å². The fourth-order valence-corrected chi connectivity index (χ4v) is 3.82. The van der Waals surface area contributed by atoms with Crippen LogP contribution in [0.2, 0.25) is 5.02 Å². The molecule has 1 N–H and O–H groups in total. The van der Waals surface area contributed by atoms with Crippen molar-refractivity contribution in [2.24, 2.45) is 0 Å². The first-order valence-electron chi connectivity index (χ1n) is 8.46. The molecule has 128 valence electrons. The molecule has 0 aliphatic heterocycles. The molecular formula is C22H21BrClN. The van der Waals surface area contributed by atoms with E-state index in [1.165, 1.54) is 11.1 Å². The minimum Gasteiger partial charge on any atom is -0.300 e. The van der Waals surface area contributed by atoms with Crippen molar-refractivity contribution in [3.8, 4) is 0 Å². The van der Waals surface area contributed by atoms with Gasteiger partial charge >= 0.3 is 0 Å². The van der Waals surface area contributed by atoms with E-state index in [1.54, 1.807) is 0 Å². The third-order valence-electron chi connectivity index (χ3n) is 4.39. The highest BCUT2D eigenvalue weighted by molar-refractivity contribution is 9.09. The van der Waals surface area contributed by atoms with Crippen molar-refractivity contribution in [3.63, 3.8) is 0 Å². The topological polar surface area (TPSA) is 12.0 Å². The lowest BCUT2D eigenvalue weighted by atomic mass is 9.77. The fraction of sp³-hybridized carbons (Fsp3) is 0.182. The van der Waals surface area contributed by atoms with Crippen molar-refractivity contribution in [2.75, 3.05) is 11.9 Å². The number of halogens is 2. The fourth-order valence-electron chi connectivity index (χ4n) is 3.26. The third kappa shape index (κ3) is 3.82. The summed E-state index contributed by atoms with van der Waals surface area (Å²) in [6, 6.07) is 29.2. The molecular weight excluding hydrogens is 394 g/mol. The van der Waals surface area contributed by atoms with Crippen LogP contribution < -0.4 is 5.32 Å². The molecule has 3 aromatic carbocycles. The van der Waals surface area contributed by atoms with Gasteiger partial charge in [-0.1, -0.05) is 106 Å². The lowest BCUT2D eigenvalue weighted by Gasteiger charge is -2.37. The second kappa shape index (κ2) is 8.66. The summed E-state index contributed by atoms with van der Waals surface area (Å²) in [6.45, 7) is 0.875. The second-order valence-electron chi connectivity index (χ2n) is 5.93. The van der Waals surface area contributed by atoms with Crippen LogP contribution in [0.4, 0.5) is 0 Å². The number of alkyl halides is 1. The predicted octanol–water partition coefficient (Wildman–Crippen LogP) is 6.01. The highest BCUT2D eigenvalue weighted by atomic mass is 79.9. The number of benzene rings is 3. The molecule has 3 heteroatoms. The molecule has 0 heterocycles. The van der Waals surface area contributed by atoms with Gasteiger partial charge in [0.25, 0.3) is 0 Å². The number of hydrogen-bond donors (Lipinski definition) is 1. The SMILES string of the molecule is Clc1ccccc1C(NCCCBr)(c1ccccc1)c1ccccc1. The molecule has 0 bridgehead atoms. The molecule has 0 aliphatic rings. The standard InChI is InChI=1S/C22H21BrClN/c23-16-9-17-25-22(18-10-3-1-4-11-18,19-12-5-2-6-13-19)20-14-7-8-15-21(20)24/h1-8,10-15,25H,9,16-17H2. The minimum absolute atomic E-state index is 0.483. The average molecular weight is 415 g/mol. The second-order valence-corrected chi connectivity index (χ2v) is 7.13. The molecule has 0 aromatic heterocycles. The molecule has 0 atom stereocenters. The number of nitrogens with one attached hydrogen (secondary N) is 1. The van der Waals surface area contributed by atoms with E-state index < -0.39 is 5.54 Å². The van der Waals surface area contributed by atoms with E-state index in [-0.39, 0.29) is 0 Å².